The van der Waals surface area contributed by atoms with Gasteiger partial charge in [-0.05, 0) is 67.0 Å². The number of amides is 1. The summed E-state index contributed by atoms with van der Waals surface area (Å²) in [4.78, 5) is 83.6. The molecule has 1 aliphatic heterocycles. The Labute approximate surface area is 372 Å². The summed E-state index contributed by atoms with van der Waals surface area (Å²) in [6.45, 7) is 7.96. The first-order valence-corrected chi connectivity index (χ1v) is 21.4. The number of Topliss-reactive ketones (excluding diaryl/α,β-unsaturated/α-hetero) is 1. The van der Waals surface area contributed by atoms with E-state index in [0.29, 0.717) is 10.0 Å². The highest BCUT2D eigenvalue weighted by atomic mass is 79.9. The number of carbonyl (C=O) groups excluding carboxylic acids is 6. The second-order valence-corrected chi connectivity index (χ2v) is 18.4. The van der Waals surface area contributed by atoms with E-state index in [1.807, 2.05) is 0 Å². The molecule has 0 aromatic heterocycles. The number of hydrogen-bond acceptors (Lipinski definition) is 14. The molecule has 1 amide bonds. The number of ketones is 1. The van der Waals surface area contributed by atoms with Crippen LogP contribution >= 0.6 is 15.9 Å². The molecule has 1 unspecified atom stereocenters. The Balaban J connectivity index is 1.39. The van der Waals surface area contributed by atoms with Crippen LogP contribution in [-0.2, 0) is 42.9 Å². The lowest BCUT2D eigenvalue weighted by Gasteiger charge is -2.67. The van der Waals surface area contributed by atoms with Gasteiger partial charge in [-0.1, -0.05) is 78.3 Å². The molecule has 16 heteroatoms. The fraction of sp³-hybridized carbons (Fsp3) is 0.447. The highest BCUT2D eigenvalue weighted by molar-refractivity contribution is 9.10. The van der Waals surface area contributed by atoms with Gasteiger partial charge < -0.3 is 44.3 Å². The van der Waals surface area contributed by atoms with E-state index in [0.717, 1.165) is 13.8 Å². The molecular formula is C47H50BrNO14. The number of aliphatic hydroxyl groups excluding tert-OH is 2. The quantitative estimate of drug-likeness (QED) is 0.125. The minimum absolute atomic E-state index is 0.00765. The third-order valence-electron chi connectivity index (χ3n) is 13.6. The minimum Gasteiger partial charge on any atom is -0.456 e. The Morgan fingerprint density at radius 2 is 1.46 bits per heavy atom. The standard InChI is InChI=1S/C47H50BrNO14/c1-24-31(61-43(57)36(53)35(27-17-19-30(48)20-18-27)49-41(55)28-13-9-7-10-14-28)22-47(58)40(62-42(56)29-15-11-8-12-16-29)38-45(6,32(52)21-33-46(38,23-59-33)63-26(3)51)39(54)37(60-25(2)50)34(24)44(47,4)5/h7-20,31-33,35-38,40,52-53,58H,21-23H2,1-6H3,(H,49,55)/t31-,32-,33+,35-,36+,37+,38?,40-,45+,46-,47+/m0/s1. The van der Waals surface area contributed by atoms with Gasteiger partial charge in [-0.3, -0.25) is 19.2 Å². The summed E-state index contributed by atoms with van der Waals surface area (Å²) in [5.41, 5.74) is -7.09. The zero-order valence-corrected chi connectivity index (χ0v) is 37.1. The zero-order valence-electron chi connectivity index (χ0n) is 35.5. The van der Waals surface area contributed by atoms with Crippen LogP contribution < -0.4 is 5.32 Å². The topological polar surface area (TPSA) is 221 Å². The first-order chi connectivity index (χ1) is 29.7. The largest absolute Gasteiger partial charge is 0.456 e. The Morgan fingerprint density at radius 3 is 2.02 bits per heavy atom. The van der Waals surface area contributed by atoms with Gasteiger partial charge in [-0.2, -0.15) is 0 Å². The second kappa shape index (κ2) is 17.0. The summed E-state index contributed by atoms with van der Waals surface area (Å²) >= 11 is 3.38. The molecule has 4 N–H and O–H groups in total. The van der Waals surface area contributed by atoms with Gasteiger partial charge >= 0.3 is 23.9 Å². The average Bonchev–Trinajstić information content (AvgIpc) is 3.24. The zero-order chi connectivity index (χ0) is 45.8. The molecule has 4 aliphatic rings. The summed E-state index contributed by atoms with van der Waals surface area (Å²) in [5, 5.41) is 40.3. The lowest BCUT2D eigenvalue weighted by atomic mass is 9.44. The predicted molar refractivity (Wildman–Crippen MR) is 225 cm³/mol. The van der Waals surface area contributed by atoms with Gasteiger partial charge in [0.1, 0.15) is 23.9 Å². The number of carbonyl (C=O) groups is 6. The lowest BCUT2D eigenvalue weighted by Crippen LogP contribution is -2.82. The number of aliphatic hydroxyl groups is 3. The Morgan fingerprint density at radius 1 is 0.857 bits per heavy atom. The Kier molecular flexibility index (Phi) is 12.4. The third kappa shape index (κ3) is 7.79. The van der Waals surface area contributed by atoms with Gasteiger partial charge in [0.05, 0.1) is 35.6 Å². The fourth-order valence-electron chi connectivity index (χ4n) is 10.2. The normalized spacial score (nSPS) is 31.6. The number of hydrogen-bond donors (Lipinski definition) is 4. The van der Waals surface area contributed by atoms with E-state index in [1.54, 1.807) is 86.6 Å². The summed E-state index contributed by atoms with van der Waals surface area (Å²) < 4.78 is 31.0. The van der Waals surface area contributed by atoms with Crippen LogP contribution in [-0.4, -0.2) is 105 Å². The molecule has 0 spiro atoms. The van der Waals surface area contributed by atoms with E-state index >= 15 is 4.79 Å². The van der Waals surface area contributed by atoms with Crippen LogP contribution in [0, 0.1) is 16.7 Å². The van der Waals surface area contributed by atoms with Gasteiger partial charge in [-0.15, -0.1) is 0 Å². The van der Waals surface area contributed by atoms with E-state index in [1.165, 1.54) is 26.0 Å². The van der Waals surface area contributed by atoms with E-state index in [-0.39, 0.29) is 35.3 Å². The summed E-state index contributed by atoms with van der Waals surface area (Å²) in [5.74, 6) is -6.88. The molecule has 2 saturated carbocycles. The summed E-state index contributed by atoms with van der Waals surface area (Å²) in [6.07, 6.45) is -10.6. The average molecular weight is 933 g/mol. The van der Waals surface area contributed by atoms with Gasteiger partial charge in [0.25, 0.3) is 5.91 Å². The number of halogens is 1. The van der Waals surface area contributed by atoms with Crippen LogP contribution in [0.5, 0.6) is 0 Å². The van der Waals surface area contributed by atoms with Gasteiger partial charge in [0.2, 0.25) is 0 Å². The predicted octanol–water partition coefficient (Wildman–Crippen LogP) is 4.50. The minimum atomic E-state index is -2.40. The van der Waals surface area contributed by atoms with Gasteiger partial charge in [-0.25, -0.2) is 9.59 Å². The van der Waals surface area contributed by atoms with Crippen LogP contribution in [0.3, 0.4) is 0 Å². The van der Waals surface area contributed by atoms with Crippen molar-refractivity contribution < 1.29 is 67.8 Å². The number of nitrogens with one attached hydrogen (secondary N) is 1. The SMILES string of the molecule is CC(=O)O[C@H]1C(=O)[C@@]2(C)C([C@H](OC(=O)c3ccccc3)[C@]3(O)C[C@H](OC(=O)[C@H](O)[C@@H](NC(=O)c4ccccc4)c4ccc(Br)cc4)C(C)=C1C3(C)C)[C@]1(OC(C)=O)CO[C@@H]1C[C@@H]2O. The summed E-state index contributed by atoms with van der Waals surface area (Å²) in [7, 11) is 0. The van der Waals surface area contributed by atoms with Crippen molar-refractivity contribution in [2.45, 2.75) is 108 Å². The second-order valence-electron chi connectivity index (χ2n) is 17.5. The molecule has 0 radical (unpaired) electrons. The molecule has 7 rings (SSSR count). The monoisotopic (exact) mass is 931 g/mol. The third-order valence-corrected chi connectivity index (χ3v) is 14.1. The van der Waals surface area contributed by atoms with Crippen LogP contribution in [0.25, 0.3) is 0 Å². The molecule has 334 valence electrons. The van der Waals surface area contributed by atoms with Gasteiger partial charge in [0.15, 0.2) is 23.6 Å². The highest BCUT2D eigenvalue weighted by Crippen LogP contribution is 2.64. The van der Waals surface area contributed by atoms with Crippen molar-refractivity contribution in [2.24, 2.45) is 16.7 Å². The molecule has 3 aromatic carbocycles. The highest BCUT2D eigenvalue weighted by Gasteiger charge is 2.78. The van der Waals surface area contributed by atoms with E-state index in [9.17, 15) is 39.3 Å². The van der Waals surface area contributed by atoms with Crippen molar-refractivity contribution in [1.29, 1.82) is 0 Å². The molecular weight excluding hydrogens is 882 g/mol. The molecule has 3 fully saturated rings. The maximum Gasteiger partial charge on any atom is 0.338 e. The van der Waals surface area contributed by atoms with Gasteiger partial charge in [0, 0.05) is 42.1 Å². The van der Waals surface area contributed by atoms with E-state index in [2.05, 4.69) is 21.2 Å². The molecule has 1 heterocycles. The molecule has 63 heavy (non-hydrogen) atoms. The van der Waals surface area contributed by atoms with Crippen LogP contribution in [0.4, 0.5) is 0 Å². The number of ether oxygens (including phenoxy) is 5. The Hall–Kier alpha value is -5.26. The van der Waals surface area contributed by atoms with Crippen molar-refractivity contribution in [2.75, 3.05) is 6.61 Å². The molecule has 2 bridgehead atoms. The van der Waals surface area contributed by atoms with Crippen molar-refractivity contribution in [3.63, 3.8) is 0 Å². The molecule has 3 aliphatic carbocycles. The lowest BCUT2D eigenvalue weighted by molar-refractivity contribution is -0.346. The van der Waals surface area contributed by atoms with E-state index < -0.39 is 113 Å². The number of rotatable bonds is 10. The molecule has 3 aromatic rings. The Bertz CT molecular complexity index is 2340. The molecule has 1 saturated heterocycles. The first-order valence-electron chi connectivity index (χ1n) is 20.6. The van der Waals surface area contributed by atoms with Crippen LogP contribution in [0.2, 0.25) is 0 Å². The maximum atomic E-state index is 15.5. The van der Waals surface area contributed by atoms with E-state index in [4.69, 9.17) is 23.7 Å². The maximum absolute atomic E-state index is 15.5. The van der Waals surface area contributed by atoms with Crippen molar-refractivity contribution in [3.05, 3.63) is 117 Å². The number of esters is 4. The smallest absolute Gasteiger partial charge is 0.338 e. The first kappa shape index (κ1) is 45.8. The fourth-order valence-corrected chi connectivity index (χ4v) is 10.5. The molecule has 11 atom stereocenters. The molecule has 15 nitrogen and oxygen atoms in total. The number of fused-ring (bicyclic) bond motifs is 5. The number of benzene rings is 3. The van der Waals surface area contributed by atoms with Crippen LogP contribution in [0.1, 0.15) is 86.7 Å². The summed E-state index contributed by atoms with van der Waals surface area (Å²) in [6, 6.07) is 21.2. The van der Waals surface area contributed by atoms with Crippen LogP contribution in [0.15, 0.2) is 101 Å². The van der Waals surface area contributed by atoms with Crippen molar-refractivity contribution >= 4 is 51.5 Å². The van der Waals surface area contributed by atoms with Crippen molar-refractivity contribution in [1.82, 2.24) is 5.32 Å². The van der Waals surface area contributed by atoms with Crippen molar-refractivity contribution in [3.8, 4) is 0 Å².